The molecule has 26 heavy (non-hydrogen) atoms. The molecule has 0 radical (unpaired) electrons. The number of hydrogen-bond acceptors (Lipinski definition) is 4. The van der Waals surface area contributed by atoms with Gasteiger partial charge in [0.2, 0.25) is 0 Å². The van der Waals surface area contributed by atoms with Gasteiger partial charge < -0.3 is 10.2 Å². The number of nitrogens with one attached hydrogen (secondary N) is 1. The first-order chi connectivity index (χ1) is 12.6. The van der Waals surface area contributed by atoms with Crippen molar-refractivity contribution >= 4 is 15.7 Å². The van der Waals surface area contributed by atoms with Crippen molar-refractivity contribution in [1.82, 2.24) is 10.2 Å². The van der Waals surface area contributed by atoms with Crippen LogP contribution in [0.1, 0.15) is 28.8 Å². The fourth-order valence-corrected chi connectivity index (χ4v) is 6.31. The van der Waals surface area contributed by atoms with Gasteiger partial charge in [0.15, 0.2) is 14.7 Å². The fraction of sp³-hybridized carbons (Fsp3) is 0.350. The largest absolute Gasteiger partial charge is 0.313 e. The number of nitrogens with zero attached hydrogens (tertiary/aromatic N) is 1. The Bertz CT molecular complexity index is 895. The van der Waals surface area contributed by atoms with Gasteiger partial charge in [0.05, 0.1) is 5.25 Å². The van der Waals surface area contributed by atoms with Crippen LogP contribution in [-0.2, 0) is 14.7 Å². The van der Waals surface area contributed by atoms with Crippen LogP contribution in [0.15, 0.2) is 60.7 Å². The maximum Gasteiger partial charge on any atom is 0.255 e. The molecule has 0 spiro atoms. The number of rotatable bonds is 4. The lowest BCUT2D eigenvalue weighted by molar-refractivity contribution is 0.0559. The first-order valence-electron chi connectivity index (χ1n) is 8.94. The van der Waals surface area contributed by atoms with Crippen LogP contribution >= 0.6 is 0 Å². The van der Waals surface area contributed by atoms with Gasteiger partial charge in [0.1, 0.15) is 0 Å². The molecule has 0 aromatic heterocycles. The van der Waals surface area contributed by atoms with Crippen LogP contribution < -0.4 is 5.32 Å². The highest BCUT2D eigenvalue weighted by molar-refractivity contribution is 7.93. The molecule has 2 aromatic rings. The lowest BCUT2D eigenvalue weighted by atomic mass is 10.0. The Morgan fingerprint density at radius 2 is 1.62 bits per heavy atom. The number of amides is 1. The molecule has 1 heterocycles. The summed E-state index contributed by atoms with van der Waals surface area (Å²) in [5.74, 6) is -0.236. The van der Waals surface area contributed by atoms with Gasteiger partial charge in [-0.05, 0) is 30.5 Å². The topological polar surface area (TPSA) is 66.5 Å². The van der Waals surface area contributed by atoms with Crippen LogP contribution in [0.4, 0.5) is 0 Å². The molecule has 2 aromatic carbocycles. The van der Waals surface area contributed by atoms with E-state index >= 15 is 0 Å². The van der Waals surface area contributed by atoms with Gasteiger partial charge in [-0.1, -0.05) is 48.5 Å². The van der Waals surface area contributed by atoms with Crippen molar-refractivity contribution in [3.63, 3.8) is 0 Å². The van der Waals surface area contributed by atoms with Crippen LogP contribution in [0.5, 0.6) is 0 Å². The summed E-state index contributed by atoms with van der Waals surface area (Å²) in [6.07, 6.45) is 1.34. The summed E-state index contributed by atoms with van der Waals surface area (Å²) >= 11 is 0. The zero-order valence-electron chi connectivity index (χ0n) is 14.5. The highest BCUT2D eigenvalue weighted by Gasteiger charge is 2.58. The second-order valence-corrected chi connectivity index (χ2v) is 9.33. The van der Waals surface area contributed by atoms with E-state index in [2.05, 4.69) is 5.32 Å². The molecule has 2 aliphatic rings. The predicted molar refractivity (Wildman–Crippen MR) is 100 cm³/mol. The number of piperazine rings is 1. The minimum Gasteiger partial charge on any atom is -0.313 e. The number of benzene rings is 2. The molecule has 4 rings (SSSR count). The van der Waals surface area contributed by atoms with Crippen molar-refractivity contribution in [3.8, 4) is 0 Å². The van der Waals surface area contributed by atoms with E-state index in [1.54, 1.807) is 29.2 Å². The maximum absolute atomic E-state index is 13.6. The van der Waals surface area contributed by atoms with E-state index in [1.165, 1.54) is 0 Å². The monoisotopic (exact) mass is 370 g/mol. The van der Waals surface area contributed by atoms with E-state index in [9.17, 15) is 13.2 Å². The molecule has 0 bridgehead atoms. The molecule has 5 nitrogen and oxygen atoms in total. The van der Waals surface area contributed by atoms with Gasteiger partial charge in [0, 0.05) is 25.2 Å². The minimum atomic E-state index is -3.56. The van der Waals surface area contributed by atoms with Gasteiger partial charge in [-0.2, -0.15) is 0 Å². The van der Waals surface area contributed by atoms with Gasteiger partial charge >= 0.3 is 0 Å². The van der Waals surface area contributed by atoms with Gasteiger partial charge in [0.25, 0.3) is 5.91 Å². The zero-order chi connectivity index (χ0) is 18.2. The Hall–Kier alpha value is -2.18. The molecule has 1 atom stereocenters. The number of sulfone groups is 1. The minimum absolute atomic E-state index is 0.217. The van der Waals surface area contributed by atoms with Crippen LogP contribution in [0.3, 0.4) is 0 Å². The van der Waals surface area contributed by atoms with E-state index < -0.39 is 14.7 Å². The third-order valence-electron chi connectivity index (χ3n) is 5.24. The smallest absolute Gasteiger partial charge is 0.255 e. The third kappa shape index (κ3) is 2.64. The summed E-state index contributed by atoms with van der Waals surface area (Å²) in [6, 6.07) is 18.1. The summed E-state index contributed by atoms with van der Waals surface area (Å²) < 4.78 is 27.2. The zero-order valence-corrected chi connectivity index (χ0v) is 15.3. The van der Waals surface area contributed by atoms with Crippen LogP contribution in [0.2, 0.25) is 0 Å². The summed E-state index contributed by atoms with van der Waals surface area (Å²) in [4.78, 5) is 13.5. The summed E-state index contributed by atoms with van der Waals surface area (Å²) in [5, 5.41) is 2.86. The molecule has 1 aliphatic heterocycles. The first-order valence-corrected chi connectivity index (χ1v) is 10.5. The Morgan fingerprint density at radius 3 is 2.23 bits per heavy atom. The molecule has 1 saturated carbocycles. The van der Waals surface area contributed by atoms with Gasteiger partial charge in [-0.15, -0.1) is 0 Å². The molecule has 136 valence electrons. The van der Waals surface area contributed by atoms with Crippen molar-refractivity contribution in [3.05, 3.63) is 71.8 Å². The molecular formula is C20H22N2O3S. The normalized spacial score (nSPS) is 23.6. The van der Waals surface area contributed by atoms with E-state index in [0.717, 1.165) is 0 Å². The summed E-state index contributed by atoms with van der Waals surface area (Å²) in [7, 11) is -3.56. The van der Waals surface area contributed by atoms with Crippen molar-refractivity contribution in [1.29, 1.82) is 0 Å². The van der Waals surface area contributed by atoms with E-state index in [0.29, 0.717) is 37.1 Å². The maximum atomic E-state index is 13.6. The second-order valence-electron chi connectivity index (χ2n) is 6.89. The molecule has 1 amide bonds. The van der Waals surface area contributed by atoms with Crippen LogP contribution in [0, 0.1) is 0 Å². The fourth-order valence-electron chi connectivity index (χ4n) is 3.76. The lowest BCUT2D eigenvalue weighted by Crippen LogP contribution is -2.65. The van der Waals surface area contributed by atoms with Crippen molar-refractivity contribution < 1.29 is 13.2 Å². The highest BCUT2D eigenvalue weighted by Crippen LogP contribution is 2.45. The van der Waals surface area contributed by atoms with E-state index in [-0.39, 0.29) is 17.7 Å². The quantitative estimate of drug-likeness (QED) is 0.896. The van der Waals surface area contributed by atoms with Crippen LogP contribution in [0.25, 0.3) is 0 Å². The van der Waals surface area contributed by atoms with E-state index in [1.807, 2.05) is 36.4 Å². The molecule has 6 heteroatoms. The highest BCUT2D eigenvalue weighted by atomic mass is 32.2. The predicted octanol–water partition coefficient (Wildman–Crippen LogP) is 2.16. The van der Waals surface area contributed by atoms with Gasteiger partial charge in [-0.25, -0.2) is 8.42 Å². The Morgan fingerprint density at radius 1 is 1.00 bits per heavy atom. The van der Waals surface area contributed by atoms with Crippen molar-refractivity contribution in [2.24, 2.45) is 0 Å². The summed E-state index contributed by atoms with van der Waals surface area (Å²) in [5.41, 5.74) is 1.17. The Balaban J connectivity index is 1.89. The molecular weight excluding hydrogens is 348 g/mol. The summed E-state index contributed by atoms with van der Waals surface area (Å²) in [6.45, 7) is 1.15. The van der Waals surface area contributed by atoms with Crippen LogP contribution in [-0.4, -0.2) is 44.1 Å². The number of hydrogen-bond donors (Lipinski definition) is 1. The molecule has 1 saturated heterocycles. The average Bonchev–Trinajstić information content (AvgIpc) is 3.54. The SMILES string of the molecule is O=C(c1ccccc1)N1CCNCC1(c1ccccc1)S(=O)(=O)C1CC1. The molecule has 1 aliphatic carbocycles. The second kappa shape index (κ2) is 6.52. The van der Waals surface area contributed by atoms with E-state index in [4.69, 9.17) is 0 Å². The number of carbonyl (C=O) groups excluding carboxylic acids is 1. The molecule has 1 unspecified atom stereocenters. The molecule has 2 fully saturated rings. The molecule has 1 N–H and O–H groups in total. The number of carbonyl (C=O) groups is 1. The lowest BCUT2D eigenvalue weighted by Gasteiger charge is -2.47. The standard InChI is InChI=1S/C20H22N2O3S/c23-19(16-7-3-1-4-8-16)22-14-13-21-15-20(22,17-9-5-2-6-10-17)26(24,25)18-11-12-18/h1-10,18,21H,11-15H2. The Kier molecular flexibility index (Phi) is 4.32. The van der Waals surface area contributed by atoms with Gasteiger partial charge in [-0.3, -0.25) is 4.79 Å². The Labute approximate surface area is 153 Å². The van der Waals surface area contributed by atoms with Crippen molar-refractivity contribution in [2.45, 2.75) is 23.0 Å². The first kappa shape index (κ1) is 17.2. The third-order valence-corrected chi connectivity index (χ3v) is 8.13. The van der Waals surface area contributed by atoms with Crippen molar-refractivity contribution in [2.75, 3.05) is 19.6 Å². The average molecular weight is 370 g/mol.